The highest BCUT2D eigenvalue weighted by atomic mass is 16.7. The molecule has 4 rings (SSSR count). The van der Waals surface area contributed by atoms with Crippen molar-refractivity contribution >= 4 is 17.1 Å². The van der Waals surface area contributed by atoms with E-state index in [9.17, 15) is 14.7 Å². The van der Waals surface area contributed by atoms with Gasteiger partial charge in [-0.15, -0.1) is 0 Å². The van der Waals surface area contributed by atoms with Gasteiger partial charge in [0, 0.05) is 46.9 Å². The number of nitrogens with zero attached hydrogens (tertiary/aromatic N) is 1. The number of rotatable bonds is 3. The van der Waals surface area contributed by atoms with Gasteiger partial charge in [0.1, 0.15) is 0 Å². The SMILES string of the molecule is Cn1c(CNC(C)(C)C)cc2cc3c(cc21)CCCc1c-3[nH]c(=O)c(OC(=O)O)c1O. The third kappa shape index (κ3) is 3.90. The van der Waals surface area contributed by atoms with Crippen molar-refractivity contribution in [3.63, 3.8) is 0 Å². The van der Waals surface area contributed by atoms with Crippen LogP contribution in [0.25, 0.3) is 22.2 Å². The molecule has 8 heteroatoms. The van der Waals surface area contributed by atoms with E-state index in [4.69, 9.17) is 5.11 Å². The quantitative estimate of drug-likeness (QED) is 0.476. The van der Waals surface area contributed by atoms with E-state index in [2.05, 4.69) is 52.5 Å². The van der Waals surface area contributed by atoms with E-state index in [0.29, 0.717) is 17.7 Å². The Morgan fingerprint density at radius 2 is 2.00 bits per heavy atom. The summed E-state index contributed by atoms with van der Waals surface area (Å²) < 4.78 is 6.70. The fraction of sp³-hybridized carbons (Fsp3) is 0.391. The normalized spacial score (nSPS) is 13.5. The first-order chi connectivity index (χ1) is 14.5. The van der Waals surface area contributed by atoms with Gasteiger partial charge in [-0.3, -0.25) is 4.79 Å². The fourth-order valence-corrected chi connectivity index (χ4v) is 4.17. The van der Waals surface area contributed by atoms with Crippen molar-refractivity contribution < 1.29 is 19.7 Å². The van der Waals surface area contributed by atoms with Gasteiger partial charge in [0.15, 0.2) is 5.75 Å². The molecule has 31 heavy (non-hydrogen) atoms. The highest BCUT2D eigenvalue weighted by molar-refractivity contribution is 5.89. The molecular formula is C23H27N3O5. The lowest BCUT2D eigenvalue weighted by molar-refractivity contribution is 0.142. The van der Waals surface area contributed by atoms with E-state index in [1.807, 2.05) is 13.1 Å². The summed E-state index contributed by atoms with van der Waals surface area (Å²) in [6.45, 7) is 7.10. The number of hydrogen-bond acceptors (Lipinski definition) is 5. The lowest BCUT2D eigenvalue weighted by Gasteiger charge is -2.20. The van der Waals surface area contributed by atoms with E-state index >= 15 is 0 Å². The number of nitrogens with one attached hydrogen (secondary N) is 2. The molecule has 0 aliphatic heterocycles. The first-order valence-corrected chi connectivity index (χ1v) is 10.3. The third-order valence-electron chi connectivity index (χ3n) is 5.75. The van der Waals surface area contributed by atoms with Crippen molar-refractivity contribution in [2.75, 3.05) is 0 Å². The lowest BCUT2D eigenvalue weighted by atomic mass is 9.99. The zero-order valence-electron chi connectivity index (χ0n) is 18.1. The number of carbonyl (C=O) groups is 1. The van der Waals surface area contributed by atoms with Crippen molar-refractivity contribution in [2.45, 2.75) is 52.1 Å². The molecule has 0 atom stereocenters. The zero-order chi connectivity index (χ0) is 22.5. The van der Waals surface area contributed by atoms with Crippen LogP contribution in [0.5, 0.6) is 11.5 Å². The van der Waals surface area contributed by atoms with Crippen LogP contribution in [-0.2, 0) is 26.4 Å². The van der Waals surface area contributed by atoms with Crippen LogP contribution in [0.1, 0.15) is 44.0 Å². The monoisotopic (exact) mass is 425 g/mol. The zero-order valence-corrected chi connectivity index (χ0v) is 18.1. The van der Waals surface area contributed by atoms with Crippen molar-refractivity contribution in [1.29, 1.82) is 0 Å². The topological polar surface area (TPSA) is 117 Å². The van der Waals surface area contributed by atoms with Crippen molar-refractivity contribution in [2.24, 2.45) is 7.05 Å². The molecule has 0 saturated carbocycles. The molecule has 8 nitrogen and oxygen atoms in total. The van der Waals surface area contributed by atoms with Crippen LogP contribution in [0.4, 0.5) is 4.79 Å². The Hall–Kier alpha value is -3.26. The van der Waals surface area contributed by atoms with Crippen molar-refractivity contribution in [3.05, 3.63) is 45.4 Å². The Bertz CT molecular complexity index is 1250. The summed E-state index contributed by atoms with van der Waals surface area (Å²) in [4.78, 5) is 26.1. The average Bonchev–Trinajstić information content (AvgIpc) is 2.87. The number of aromatic amines is 1. The molecule has 0 amide bonds. The van der Waals surface area contributed by atoms with Crippen molar-refractivity contribution in [3.8, 4) is 22.8 Å². The molecule has 1 aliphatic rings. The van der Waals surface area contributed by atoms with Crippen LogP contribution in [0.3, 0.4) is 0 Å². The standard InChI is InChI=1S/C23H27N3O5/c1-23(2,3)24-11-14-8-13-9-16-12(10-17(13)26(14)4)6-5-7-15-18(16)25-21(28)20(19(15)27)31-22(29)30/h8-10,24H,5-7,11H2,1-4H3,(H,29,30)(H2,25,27,28). The maximum Gasteiger partial charge on any atom is 0.511 e. The second-order valence-corrected chi connectivity index (χ2v) is 9.07. The predicted molar refractivity (Wildman–Crippen MR) is 118 cm³/mol. The average molecular weight is 425 g/mol. The Kier molecular flexibility index (Phi) is 5.05. The number of aromatic nitrogens is 2. The van der Waals surface area contributed by atoms with Crippen LogP contribution >= 0.6 is 0 Å². The summed E-state index contributed by atoms with van der Waals surface area (Å²) in [6.07, 6.45) is 0.384. The Balaban J connectivity index is 1.86. The second kappa shape index (κ2) is 7.46. The number of aryl methyl sites for hydroxylation is 2. The first kappa shape index (κ1) is 21.0. The van der Waals surface area contributed by atoms with Crippen LogP contribution in [0, 0.1) is 0 Å². The molecule has 2 aromatic heterocycles. The van der Waals surface area contributed by atoms with Gasteiger partial charge in [-0.05, 0) is 63.8 Å². The number of ether oxygens (including phenoxy) is 1. The van der Waals surface area contributed by atoms with Gasteiger partial charge in [0.25, 0.3) is 5.56 Å². The molecule has 0 unspecified atom stereocenters. The number of pyridine rings is 1. The van der Waals surface area contributed by atoms with Crippen LogP contribution < -0.4 is 15.6 Å². The number of fused-ring (bicyclic) bond motifs is 4. The van der Waals surface area contributed by atoms with Gasteiger partial charge in [-0.1, -0.05) is 0 Å². The van der Waals surface area contributed by atoms with Crippen molar-refractivity contribution in [1.82, 2.24) is 14.9 Å². The summed E-state index contributed by atoms with van der Waals surface area (Å²) in [5.74, 6) is -0.983. The number of benzene rings is 1. The van der Waals surface area contributed by atoms with Gasteiger partial charge < -0.3 is 29.8 Å². The first-order valence-electron chi connectivity index (χ1n) is 10.3. The van der Waals surface area contributed by atoms with Gasteiger partial charge >= 0.3 is 6.16 Å². The lowest BCUT2D eigenvalue weighted by Crippen LogP contribution is -2.35. The fourth-order valence-electron chi connectivity index (χ4n) is 4.17. The minimum atomic E-state index is -1.64. The maximum absolute atomic E-state index is 12.5. The Morgan fingerprint density at radius 1 is 1.26 bits per heavy atom. The molecule has 1 aliphatic carbocycles. The number of carboxylic acid groups (broad SMARTS) is 1. The number of hydrogen-bond donors (Lipinski definition) is 4. The molecular weight excluding hydrogens is 398 g/mol. The molecule has 0 fully saturated rings. The van der Waals surface area contributed by atoms with E-state index in [1.54, 1.807) is 0 Å². The highest BCUT2D eigenvalue weighted by Crippen LogP contribution is 2.40. The molecule has 1 aromatic carbocycles. The second-order valence-electron chi connectivity index (χ2n) is 9.07. The summed E-state index contributed by atoms with van der Waals surface area (Å²) >= 11 is 0. The van der Waals surface area contributed by atoms with Crippen LogP contribution in [0.2, 0.25) is 0 Å². The van der Waals surface area contributed by atoms with Crippen LogP contribution in [0.15, 0.2) is 23.0 Å². The van der Waals surface area contributed by atoms with E-state index in [-0.39, 0.29) is 5.54 Å². The molecule has 0 spiro atoms. The largest absolute Gasteiger partial charge is 0.511 e. The van der Waals surface area contributed by atoms with E-state index in [1.165, 1.54) is 0 Å². The molecule has 0 saturated heterocycles. The van der Waals surface area contributed by atoms with Gasteiger partial charge in [-0.2, -0.15) is 0 Å². The Morgan fingerprint density at radius 3 is 2.68 bits per heavy atom. The third-order valence-corrected chi connectivity index (χ3v) is 5.75. The number of H-pyrrole nitrogens is 1. The minimum absolute atomic E-state index is 0.000701. The summed E-state index contributed by atoms with van der Waals surface area (Å²) in [5.41, 5.74) is 4.42. The molecule has 4 N–H and O–H groups in total. The maximum atomic E-state index is 12.5. The highest BCUT2D eigenvalue weighted by Gasteiger charge is 2.25. The van der Waals surface area contributed by atoms with E-state index < -0.39 is 23.2 Å². The number of aromatic hydroxyl groups is 1. The summed E-state index contributed by atoms with van der Waals surface area (Å²) in [5, 5.41) is 24.0. The molecule has 3 aromatic rings. The van der Waals surface area contributed by atoms with Gasteiger partial charge in [0.2, 0.25) is 5.75 Å². The molecule has 164 valence electrons. The predicted octanol–water partition coefficient (Wildman–Crippen LogP) is 3.67. The smallest absolute Gasteiger partial charge is 0.504 e. The summed E-state index contributed by atoms with van der Waals surface area (Å²) in [7, 11) is 2.04. The molecule has 2 heterocycles. The van der Waals surface area contributed by atoms with Gasteiger partial charge in [-0.25, -0.2) is 4.79 Å². The minimum Gasteiger partial charge on any atom is -0.504 e. The summed E-state index contributed by atoms with van der Waals surface area (Å²) in [6, 6.07) is 6.29. The molecule has 0 bridgehead atoms. The van der Waals surface area contributed by atoms with Gasteiger partial charge in [0.05, 0.1) is 5.69 Å². The molecule has 0 radical (unpaired) electrons. The Labute approximate surface area is 179 Å². The van der Waals surface area contributed by atoms with E-state index in [0.717, 1.165) is 47.1 Å². The van der Waals surface area contributed by atoms with Crippen LogP contribution in [-0.4, -0.2) is 31.5 Å².